The van der Waals surface area contributed by atoms with Gasteiger partial charge in [0, 0.05) is 23.2 Å². The van der Waals surface area contributed by atoms with Crippen molar-refractivity contribution in [1.82, 2.24) is 5.32 Å². The number of rotatable bonds is 1. The zero-order chi connectivity index (χ0) is 15.1. The van der Waals surface area contributed by atoms with Crippen molar-refractivity contribution in [1.29, 1.82) is 0 Å². The number of amides is 1. The van der Waals surface area contributed by atoms with Crippen LogP contribution in [0, 0.1) is 12.3 Å². The average Bonchev–Trinajstić information content (AvgIpc) is 2.43. The van der Waals surface area contributed by atoms with Crippen LogP contribution in [0.4, 0.5) is 5.69 Å². The largest absolute Gasteiger partial charge is 0.310 e. The lowest BCUT2D eigenvalue weighted by Gasteiger charge is -2.31. The Morgan fingerprint density at radius 2 is 1.90 bits per heavy atom. The summed E-state index contributed by atoms with van der Waals surface area (Å²) in [5.41, 5.74) is 1.63. The summed E-state index contributed by atoms with van der Waals surface area (Å²) in [5.74, 6) is 0.129. The summed E-state index contributed by atoms with van der Waals surface area (Å²) in [4.78, 5) is 14.7. The van der Waals surface area contributed by atoms with Crippen LogP contribution >= 0.6 is 15.9 Å². The summed E-state index contributed by atoms with van der Waals surface area (Å²) in [5, 5.41) is 3.39. The molecule has 2 rings (SSSR count). The van der Waals surface area contributed by atoms with Crippen molar-refractivity contribution in [3.05, 3.63) is 28.2 Å². The lowest BCUT2D eigenvalue weighted by Crippen LogP contribution is -2.51. The Balaban J connectivity index is 2.44. The van der Waals surface area contributed by atoms with E-state index in [-0.39, 0.29) is 11.3 Å². The maximum Gasteiger partial charge on any atom is 0.246 e. The molecule has 1 aromatic carbocycles. The van der Waals surface area contributed by atoms with E-state index in [4.69, 9.17) is 0 Å². The van der Waals surface area contributed by atoms with Crippen LogP contribution in [-0.4, -0.2) is 24.5 Å². The summed E-state index contributed by atoms with van der Waals surface area (Å²) in [6.45, 7) is 11.9. The maximum atomic E-state index is 12.8. The van der Waals surface area contributed by atoms with E-state index in [1.54, 1.807) is 0 Å². The molecule has 0 spiro atoms. The second kappa shape index (κ2) is 5.15. The normalized spacial score (nSPS) is 21.7. The molecule has 0 unspecified atom stereocenters. The number of nitrogens with one attached hydrogen (secondary N) is 1. The predicted octanol–water partition coefficient (Wildman–Crippen LogP) is 3.50. The van der Waals surface area contributed by atoms with Gasteiger partial charge in [-0.3, -0.25) is 4.79 Å². The monoisotopic (exact) mass is 338 g/mol. The molecule has 1 aromatic rings. The van der Waals surface area contributed by atoms with Crippen LogP contribution in [0.25, 0.3) is 0 Å². The van der Waals surface area contributed by atoms with E-state index < -0.39 is 5.54 Å². The third-order valence-corrected chi connectivity index (χ3v) is 4.72. The fourth-order valence-electron chi connectivity index (χ4n) is 2.43. The van der Waals surface area contributed by atoms with Gasteiger partial charge in [-0.25, -0.2) is 0 Å². The molecule has 0 bridgehead atoms. The topological polar surface area (TPSA) is 32.3 Å². The molecule has 0 aliphatic carbocycles. The molecule has 1 amide bonds. The van der Waals surface area contributed by atoms with Crippen LogP contribution in [0.2, 0.25) is 0 Å². The Bertz CT molecular complexity index is 537. The van der Waals surface area contributed by atoms with Gasteiger partial charge in [0.2, 0.25) is 5.91 Å². The first-order valence-electron chi connectivity index (χ1n) is 6.96. The SMILES string of the molecule is Cc1cc(N2CC(C)(C)CNC(C)(C)C2=O)ccc1Br. The van der Waals surface area contributed by atoms with E-state index in [0.717, 1.165) is 28.8 Å². The third kappa shape index (κ3) is 3.07. The zero-order valence-corrected chi connectivity index (χ0v) is 14.5. The number of aryl methyl sites for hydroxylation is 1. The van der Waals surface area contributed by atoms with Gasteiger partial charge in [-0.1, -0.05) is 29.8 Å². The standard InChI is InChI=1S/C16H23BrN2O/c1-11-8-12(6-7-13(11)17)19-10-15(2,3)9-18-16(4,5)14(19)20/h6-8,18H,9-10H2,1-5H3. The van der Waals surface area contributed by atoms with Crippen molar-refractivity contribution in [3.63, 3.8) is 0 Å². The Hall–Kier alpha value is -0.870. The molecule has 0 aromatic heterocycles. The van der Waals surface area contributed by atoms with Gasteiger partial charge in [-0.05, 0) is 49.9 Å². The molecule has 1 saturated heterocycles. The van der Waals surface area contributed by atoms with Gasteiger partial charge in [-0.2, -0.15) is 0 Å². The second-order valence-electron chi connectivity index (χ2n) is 6.97. The van der Waals surface area contributed by atoms with E-state index in [2.05, 4.69) is 41.2 Å². The van der Waals surface area contributed by atoms with Crippen molar-refractivity contribution in [2.24, 2.45) is 5.41 Å². The highest BCUT2D eigenvalue weighted by molar-refractivity contribution is 9.10. The van der Waals surface area contributed by atoms with Gasteiger partial charge in [0.1, 0.15) is 0 Å². The van der Waals surface area contributed by atoms with Gasteiger partial charge in [-0.15, -0.1) is 0 Å². The molecule has 0 radical (unpaired) electrons. The zero-order valence-electron chi connectivity index (χ0n) is 12.9. The lowest BCUT2D eigenvalue weighted by atomic mass is 9.93. The summed E-state index contributed by atoms with van der Waals surface area (Å²) >= 11 is 3.51. The van der Waals surface area contributed by atoms with Crippen LogP contribution in [0.15, 0.2) is 22.7 Å². The summed E-state index contributed by atoms with van der Waals surface area (Å²) < 4.78 is 1.07. The van der Waals surface area contributed by atoms with Crippen molar-refractivity contribution in [3.8, 4) is 0 Å². The molecule has 1 aliphatic heterocycles. The van der Waals surface area contributed by atoms with Crippen LogP contribution in [0.5, 0.6) is 0 Å². The Labute approximate surface area is 129 Å². The molecular formula is C16H23BrN2O. The highest BCUT2D eigenvalue weighted by Gasteiger charge is 2.39. The van der Waals surface area contributed by atoms with Crippen molar-refractivity contribution < 1.29 is 4.79 Å². The lowest BCUT2D eigenvalue weighted by molar-refractivity contribution is -0.123. The van der Waals surface area contributed by atoms with Gasteiger partial charge in [0.15, 0.2) is 0 Å². The molecule has 0 atom stereocenters. The minimum absolute atomic E-state index is 0.0460. The number of benzene rings is 1. The van der Waals surface area contributed by atoms with Gasteiger partial charge >= 0.3 is 0 Å². The first-order chi connectivity index (χ1) is 9.12. The molecule has 110 valence electrons. The molecule has 1 N–H and O–H groups in total. The molecule has 1 aliphatic rings. The molecule has 3 nitrogen and oxygen atoms in total. The van der Waals surface area contributed by atoms with E-state index >= 15 is 0 Å². The van der Waals surface area contributed by atoms with Crippen molar-refractivity contribution >= 4 is 27.5 Å². The minimum atomic E-state index is -0.533. The third-order valence-electron chi connectivity index (χ3n) is 3.83. The number of carbonyl (C=O) groups excluding carboxylic acids is 1. The fourth-order valence-corrected chi connectivity index (χ4v) is 2.68. The van der Waals surface area contributed by atoms with Gasteiger partial charge < -0.3 is 10.2 Å². The van der Waals surface area contributed by atoms with E-state index in [1.807, 2.05) is 37.8 Å². The van der Waals surface area contributed by atoms with Gasteiger partial charge in [0.05, 0.1) is 5.54 Å². The summed E-state index contributed by atoms with van der Waals surface area (Å²) in [7, 11) is 0. The van der Waals surface area contributed by atoms with Crippen molar-refractivity contribution in [2.75, 3.05) is 18.0 Å². The number of halogens is 1. The van der Waals surface area contributed by atoms with Gasteiger partial charge in [0.25, 0.3) is 0 Å². The van der Waals surface area contributed by atoms with Crippen LogP contribution in [0.1, 0.15) is 33.3 Å². The van der Waals surface area contributed by atoms with Crippen LogP contribution in [-0.2, 0) is 4.79 Å². The highest BCUT2D eigenvalue weighted by Crippen LogP contribution is 2.30. The highest BCUT2D eigenvalue weighted by atomic mass is 79.9. The molecule has 4 heteroatoms. The first-order valence-corrected chi connectivity index (χ1v) is 7.75. The Morgan fingerprint density at radius 3 is 2.50 bits per heavy atom. The number of hydrogen-bond donors (Lipinski definition) is 1. The maximum absolute atomic E-state index is 12.8. The molecule has 20 heavy (non-hydrogen) atoms. The minimum Gasteiger partial charge on any atom is -0.310 e. The first kappa shape index (κ1) is 15.5. The average molecular weight is 339 g/mol. The Morgan fingerprint density at radius 1 is 1.25 bits per heavy atom. The summed E-state index contributed by atoms with van der Waals surface area (Å²) in [6.07, 6.45) is 0. The second-order valence-corrected chi connectivity index (χ2v) is 7.82. The van der Waals surface area contributed by atoms with Crippen LogP contribution in [0.3, 0.4) is 0 Å². The molecule has 1 fully saturated rings. The van der Waals surface area contributed by atoms with Crippen LogP contribution < -0.4 is 10.2 Å². The van der Waals surface area contributed by atoms with Crippen molar-refractivity contribution in [2.45, 2.75) is 40.2 Å². The number of hydrogen-bond acceptors (Lipinski definition) is 2. The number of nitrogens with zero attached hydrogens (tertiary/aromatic N) is 1. The number of carbonyl (C=O) groups is 1. The predicted molar refractivity (Wildman–Crippen MR) is 87.1 cm³/mol. The molecule has 0 saturated carbocycles. The quantitative estimate of drug-likeness (QED) is 0.849. The fraction of sp³-hybridized carbons (Fsp3) is 0.562. The Kier molecular flexibility index (Phi) is 4.00. The van der Waals surface area contributed by atoms with E-state index in [9.17, 15) is 4.79 Å². The molecular weight excluding hydrogens is 316 g/mol. The number of anilines is 1. The molecule has 1 heterocycles. The summed E-state index contributed by atoms with van der Waals surface area (Å²) in [6, 6.07) is 6.09. The van der Waals surface area contributed by atoms with E-state index in [0.29, 0.717) is 0 Å². The smallest absolute Gasteiger partial charge is 0.246 e. The van der Waals surface area contributed by atoms with E-state index in [1.165, 1.54) is 0 Å².